The largest absolute Gasteiger partial charge is 0.351 e. The number of aromatic nitrogens is 1. The Morgan fingerprint density at radius 3 is 2.36 bits per heavy atom. The molecule has 1 N–H and O–H groups in total. The number of carbonyl (C=O) groups excluding carboxylic acids is 1. The van der Waals surface area contributed by atoms with E-state index in [1.807, 2.05) is 24.4 Å². The van der Waals surface area contributed by atoms with Crippen molar-refractivity contribution in [2.24, 2.45) is 23.7 Å². The topological polar surface area (TPSA) is 45.2 Å². The molecule has 1 saturated heterocycles. The standard InChI is InChI=1S/C24H41N3O/c1-17(2)14-20(15-18(3)4)23(19(5)6)26-24(28)22-11-9-13-27(22)16-21-10-7-8-12-25-21/h7-8,10,12,17-20,22-23H,9,11,13-16H2,1-6H3,(H,26,28). The Labute approximate surface area is 172 Å². The van der Waals surface area contributed by atoms with E-state index in [0.717, 1.165) is 31.6 Å². The number of likely N-dealkylation sites (tertiary alicyclic amines) is 1. The minimum atomic E-state index is -0.0259. The average molecular weight is 388 g/mol. The number of nitrogens with zero attached hydrogens (tertiary/aromatic N) is 2. The van der Waals surface area contributed by atoms with Crippen molar-refractivity contribution in [3.63, 3.8) is 0 Å². The van der Waals surface area contributed by atoms with Crippen molar-refractivity contribution >= 4 is 5.91 Å². The van der Waals surface area contributed by atoms with E-state index >= 15 is 0 Å². The molecule has 2 rings (SSSR count). The van der Waals surface area contributed by atoms with Crippen LogP contribution in [0.25, 0.3) is 0 Å². The summed E-state index contributed by atoms with van der Waals surface area (Å²) in [6.45, 7) is 15.4. The number of hydrogen-bond acceptors (Lipinski definition) is 3. The van der Waals surface area contributed by atoms with Gasteiger partial charge in [-0.15, -0.1) is 0 Å². The molecule has 0 aliphatic carbocycles. The number of pyridine rings is 1. The molecule has 158 valence electrons. The van der Waals surface area contributed by atoms with Crippen molar-refractivity contribution in [2.75, 3.05) is 6.54 Å². The zero-order valence-electron chi connectivity index (χ0n) is 18.8. The molecule has 0 bridgehead atoms. The summed E-state index contributed by atoms with van der Waals surface area (Å²) in [5, 5.41) is 3.48. The maximum absolute atomic E-state index is 13.3. The number of amides is 1. The number of rotatable bonds is 10. The zero-order valence-corrected chi connectivity index (χ0v) is 18.8. The van der Waals surface area contributed by atoms with E-state index in [0.29, 0.717) is 23.7 Å². The maximum atomic E-state index is 13.3. The second-order valence-electron chi connectivity index (χ2n) is 9.75. The number of hydrogen-bond donors (Lipinski definition) is 1. The predicted octanol–water partition coefficient (Wildman–Crippen LogP) is 4.90. The van der Waals surface area contributed by atoms with Crippen molar-refractivity contribution in [1.29, 1.82) is 0 Å². The van der Waals surface area contributed by atoms with Gasteiger partial charge in [-0.1, -0.05) is 47.6 Å². The highest BCUT2D eigenvalue weighted by Gasteiger charge is 2.34. The second kappa shape index (κ2) is 10.9. The molecule has 0 spiro atoms. The van der Waals surface area contributed by atoms with Crippen LogP contribution in [0.2, 0.25) is 0 Å². The van der Waals surface area contributed by atoms with Crippen LogP contribution in [0.15, 0.2) is 24.4 Å². The summed E-state index contributed by atoms with van der Waals surface area (Å²) in [5.74, 6) is 2.49. The van der Waals surface area contributed by atoms with Crippen LogP contribution in [0.3, 0.4) is 0 Å². The SMILES string of the molecule is CC(C)CC(CC(C)C)C(NC(=O)C1CCCN1Cc1ccccn1)C(C)C. The molecule has 0 radical (unpaired) electrons. The van der Waals surface area contributed by atoms with Gasteiger partial charge in [0.25, 0.3) is 0 Å². The quantitative estimate of drug-likeness (QED) is 0.621. The molecular formula is C24H41N3O. The van der Waals surface area contributed by atoms with E-state index in [2.05, 4.69) is 56.7 Å². The Hall–Kier alpha value is -1.42. The Kier molecular flexibility index (Phi) is 8.94. The van der Waals surface area contributed by atoms with Gasteiger partial charge in [0.1, 0.15) is 0 Å². The molecule has 4 nitrogen and oxygen atoms in total. The molecule has 28 heavy (non-hydrogen) atoms. The van der Waals surface area contributed by atoms with E-state index in [1.165, 1.54) is 12.8 Å². The van der Waals surface area contributed by atoms with E-state index < -0.39 is 0 Å². The molecule has 1 aliphatic rings. The van der Waals surface area contributed by atoms with Gasteiger partial charge in [0.2, 0.25) is 5.91 Å². The summed E-state index contributed by atoms with van der Waals surface area (Å²) in [6.07, 6.45) is 6.20. The summed E-state index contributed by atoms with van der Waals surface area (Å²) in [5.41, 5.74) is 1.04. The number of nitrogens with one attached hydrogen (secondary N) is 1. The third-order valence-corrected chi connectivity index (χ3v) is 5.84. The van der Waals surface area contributed by atoms with E-state index in [4.69, 9.17) is 0 Å². The highest BCUT2D eigenvalue weighted by Crippen LogP contribution is 2.28. The lowest BCUT2D eigenvalue weighted by Crippen LogP contribution is -2.51. The Morgan fingerprint density at radius 1 is 1.14 bits per heavy atom. The van der Waals surface area contributed by atoms with Gasteiger partial charge in [-0.3, -0.25) is 14.7 Å². The van der Waals surface area contributed by atoms with Gasteiger partial charge in [0.15, 0.2) is 0 Å². The lowest BCUT2D eigenvalue weighted by atomic mass is 9.79. The predicted molar refractivity (Wildman–Crippen MR) is 117 cm³/mol. The zero-order chi connectivity index (χ0) is 20.7. The second-order valence-corrected chi connectivity index (χ2v) is 9.75. The highest BCUT2D eigenvalue weighted by molar-refractivity contribution is 5.82. The molecule has 0 aromatic carbocycles. The van der Waals surface area contributed by atoms with Crippen molar-refractivity contribution in [2.45, 2.75) is 85.9 Å². The van der Waals surface area contributed by atoms with Crippen LogP contribution in [0.4, 0.5) is 0 Å². The first-order valence-electron chi connectivity index (χ1n) is 11.2. The first kappa shape index (κ1) is 22.9. The van der Waals surface area contributed by atoms with Crippen LogP contribution in [0, 0.1) is 23.7 Å². The highest BCUT2D eigenvalue weighted by atomic mass is 16.2. The molecule has 1 aliphatic heterocycles. The van der Waals surface area contributed by atoms with Gasteiger partial charge in [-0.25, -0.2) is 0 Å². The van der Waals surface area contributed by atoms with Crippen LogP contribution in [0.5, 0.6) is 0 Å². The van der Waals surface area contributed by atoms with Crippen LogP contribution in [-0.2, 0) is 11.3 Å². The fourth-order valence-corrected chi connectivity index (χ4v) is 4.70. The van der Waals surface area contributed by atoms with E-state index in [-0.39, 0.29) is 18.0 Å². The third kappa shape index (κ3) is 6.88. The fraction of sp³-hybridized carbons (Fsp3) is 0.750. The van der Waals surface area contributed by atoms with Crippen LogP contribution < -0.4 is 5.32 Å². The summed E-state index contributed by atoms with van der Waals surface area (Å²) in [6, 6.07) is 6.22. The molecule has 1 fully saturated rings. The van der Waals surface area contributed by atoms with Gasteiger partial charge in [-0.05, 0) is 68.0 Å². The molecule has 4 heteroatoms. The summed E-state index contributed by atoms with van der Waals surface area (Å²) >= 11 is 0. The smallest absolute Gasteiger partial charge is 0.237 e. The minimum absolute atomic E-state index is 0.0259. The molecule has 1 aromatic rings. The third-order valence-electron chi connectivity index (χ3n) is 5.84. The van der Waals surface area contributed by atoms with Crippen LogP contribution >= 0.6 is 0 Å². The number of carbonyl (C=O) groups is 1. The summed E-state index contributed by atoms with van der Waals surface area (Å²) in [7, 11) is 0. The summed E-state index contributed by atoms with van der Waals surface area (Å²) < 4.78 is 0. The first-order chi connectivity index (χ1) is 13.3. The molecule has 1 amide bonds. The molecule has 2 atom stereocenters. The maximum Gasteiger partial charge on any atom is 0.237 e. The molecule has 2 heterocycles. The lowest BCUT2D eigenvalue weighted by Gasteiger charge is -2.35. The van der Waals surface area contributed by atoms with Crippen molar-refractivity contribution in [3.05, 3.63) is 30.1 Å². The van der Waals surface area contributed by atoms with E-state index in [1.54, 1.807) is 0 Å². The van der Waals surface area contributed by atoms with E-state index in [9.17, 15) is 4.79 Å². The van der Waals surface area contributed by atoms with Crippen molar-refractivity contribution < 1.29 is 4.79 Å². The van der Waals surface area contributed by atoms with Crippen LogP contribution in [0.1, 0.15) is 72.9 Å². The minimum Gasteiger partial charge on any atom is -0.351 e. The molecule has 1 aromatic heterocycles. The van der Waals surface area contributed by atoms with Crippen LogP contribution in [-0.4, -0.2) is 34.4 Å². The Balaban J connectivity index is 2.06. The van der Waals surface area contributed by atoms with Gasteiger partial charge in [0.05, 0.1) is 11.7 Å². The Bertz CT molecular complexity index is 575. The fourth-order valence-electron chi connectivity index (χ4n) is 4.70. The molecule has 2 unspecified atom stereocenters. The molecular weight excluding hydrogens is 346 g/mol. The molecule has 0 saturated carbocycles. The van der Waals surface area contributed by atoms with Crippen molar-refractivity contribution in [1.82, 2.24) is 15.2 Å². The van der Waals surface area contributed by atoms with Gasteiger partial charge < -0.3 is 5.32 Å². The monoisotopic (exact) mass is 387 g/mol. The average Bonchev–Trinajstić information content (AvgIpc) is 3.07. The first-order valence-corrected chi connectivity index (χ1v) is 11.2. The Morgan fingerprint density at radius 2 is 1.82 bits per heavy atom. The van der Waals surface area contributed by atoms with Gasteiger partial charge in [0, 0.05) is 18.8 Å². The van der Waals surface area contributed by atoms with Crippen molar-refractivity contribution in [3.8, 4) is 0 Å². The lowest BCUT2D eigenvalue weighted by molar-refractivity contribution is -0.127. The normalized spacial score (nSPS) is 19.1. The summed E-state index contributed by atoms with van der Waals surface area (Å²) in [4.78, 5) is 20.0. The van der Waals surface area contributed by atoms with Gasteiger partial charge >= 0.3 is 0 Å². The van der Waals surface area contributed by atoms with Gasteiger partial charge in [-0.2, -0.15) is 0 Å².